The Kier molecular flexibility index (Phi) is 14.1. The van der Waals surface area contributed by atoms with Gasteiger partial charge in [0.15, 0.2) is 5.25 Å². The van der Waals surface area contributed by atoms with Gasteiger partial charge in [0.2, 0.25) is 5.91 Å². The molecule has 90 valence electrons. The van der Waals surface area contributed by atoms with Crippen LogP contribution in [-0.4, -0.2) is 95.8 Å². The topological polar surface area (TPSA) is 124 Å². The molecular formula is C7H13NNa2O6S. The van der Waals surface area contributed by atoms with Gasteiger partial charge >= 0.3 is 65.1 Å². The Hall–Kier alpha value is 0.590. The van der Waals surface area contributed by atoms with Gasteiger partial charge in [-0.25, -0.2) is 0 Å². The summed E-state index contributed by atoms with van der Waals surface area (Å²) in [7, 11) is -4.70. The standard InChI is InChI=1S/C7H11NO6S.2Na.2H/c1-2-3-14-7(10)5(4-6(8)9)15(11,12)13;;;;/h2,5H,1,3-4H2,(H2,8,9)(H,11,12,13);;;;. The molecule has 0 aromatic rings. The van der Waals surface area contributed by atoms with Gasteiger partial charge in [-0.2, -0.15) is 8.42 Å². The quantitative estimate of drug-likeness (QED) is 0.242. The normalized spacial score (nSPS) is 11.4. The molecule has 0 fully saturated rings. The Morgan fingerprint density at radius 3 is 2.18 bits per heavy atom. The zero-order valence-electron chi connectivity index (χ0n) is 7.75. The van der Waals surface area contributed by atoms with E-state index in [0.29, 0.717) is 0 Å². The van der Waals surface area contributed by atoms with Crippen molar-refractivity contribution in [3.8, 4) is 0 Å². The molecule has 0 radical (unpaired) electrons. The van der Waals surface area contributed by atoms with Gasteiger partial charge in [-0.15, -0.1) is 0 Å². The first-order valence-electron chi connectivity index (χ1n) is 3.81. The summed E-state index contributed by atoms with van der Waals surface area (Å²) >= 11 is 0. The molecule has 0 rings (SSSR count). The molecule has 0 aromatic carbocycles. The van der Waals surface area contributed by atoms with E-state index in [4.69, 9.17) is 10.3 Å². The van der Waals surface area contributed by atoms with E-state index in [1.807, 2.05) is 0 Å². The van der Waals surface area contributed by atoms with E-state index in [-0.39, 0.29) is 65.7 Å². The van der Waals surface area contributed by atoms with E-state index in [2.05, 4.69) is 11.3 Å². The number of amides is 1. The first-order chi connectivity index (χ1) is 6.79. The van der Waals surface area contributed by atoms with Gasteiger partial charge < -0.3 is 10.5 Å². The van der Waals surface area contributed by atoms with Crippen LogP contribution in [-0.2, 0) is 24.4 Å². The Labute approximate surface area is 143 Å². The van der Waals surface area contributed by atoms with E-state index >= 15 is 0 Å². The molecule has 0 saturated carbocycles. The SMILES string of the molecule is C=CCOC(=O)C(CC(N)=O)S(=O)(=O)O.[NaH].[NaH]. The molecule has 0 aliphatic carbocycles. The van der Waals surface area contributed by atoms with Crippen molar-refractivity contribution in [1.82, 2.24) is 0 Å². The minimum absolute atomic E-state index is 0. The van der Waals surface area contributed by atoms with Crippen LogP contribution in [0, 0.1) is 0 Å². The van der Waals surface area contributed by atoms with E-state index in [1.54, 1.807) is 0 Å². The Balaban J connectivity index is -0.000000980. The fraction of sp³-hybridized carbons (Fsp3) is 0.429. The van der Waals surface area contributed by atoms with Crippen molar-refractivity contribution in [2.24, 2.45) is 5.73 Å². The molecular weight excluding hydrogens is 272 g/mol. The fourth-order valence-corrected chi connectivity index (χ4v) is 1.41. The molecule has 0 saturated heterocycles. The zero-order chi connectivity index (χ0) is 12.1. The average molecular weight is 285 g/mol. The summed E-state index contributed by atoms with van der Waals surface area (Å²) in [6, 6.07) is 0. The van der Waals surface area contributed by atoms with Crippen LogP contribution in [0.5, 0.6) is 0 Å². The molecule has 0 aliphatic heterocycles. The number of ether oxygens (including phenoxy) is 1. The van der Waals surface area contributed by atoms with Crippen molar-refractivity contribution in [2.45, 2.75) is 11.7 Å². The van der Waals surface area contributed by atoms with Crippen LogP contribution in [0.25, 0.3) is 0 Å². The number of primary amides is 1. The van der Waals surface area contributed by atoms with Crippen LogP contribution in [0.15, 0.2) is 12.7 Å². The summed E-state index contributed by atoms with van der Waals surface area (Å²) in [5.74, 6) is -2.27. The Morgan fingerprint density at radius 2 is 1.88 bits per heavy atom. The number of carbonyl (C=O) groups is 2. The summed E-state index contributed by atoms with van der Waals surface area (Å²) in [5, 5.41) is -1.98. The summed E-state index contributed by atoms with van der Waals surface area (Å²) in [6.45, 7) is 3.02. The van der Waals surface area contributed by atoms with Gasteiger partial charge in [-0.05, 0) is 0 Å². The van der Waals surface area contributed by atoms with Crippen molar-refractivity contribution in [1.29, 1.82) is 0 Å². The van der Waals surface area contributed by atoms with E-state index in [9.17, 15) is 18.0 Å². The molecule has 0 bridgehead atoms. The Bertz CT molecular complexity index is 369. The van der Waals surface area contributed by atoms with Crippen molar-refractivity contribution in [3.63, 3.8) is 0 Å². The van der Waals surface area contributed by atoms with Gasteiger partial charge in [0.05, 0.1) is 6.42 Å². The number of carbonyl (C=O) groups excluding carboxylic acids is 2. The maximum atomic E-state index is 11.1. The number of nitrogens with two attached hydrogens (primary N) is 1. The average Bonchev–Trinajstić information content (AvgIpc) is 2.08. The zero-order valence-corrected chi connectivity index (χ0v) is 8.57. The third-order valence-corrected chi connectivity index (χ3v) is 2.43. The molecule has 1 unspecified atom stereocenters. The summed E-state index contributed by atoms with van der Waals surface area (Å²) in [5.41, 5.74) is 4.71. The van der Waals surface area contributed by atoms with Crippen LogP contribution in [0.3, 0.4) is 0 Å². The molecule has 3 N–H and O–H groups in total. The predicted octanol–water partition coefficient (Wildman–Crippen LogP) is -2.45. The number of hydrogen-bond acceptors (Lipinski definition) is 5. The van der Waals surface area contributed by atoms with Gasteiger partial charge in [0, 0.05) is 0 Å². The second-order valence-corrected chi connectivity index (χ2v) is 4.19. The minimum atomic E-state index is -4.70. The van der Waals surface area contributed by atoms with Crippen LogP contribution in [0.1, 0.15) is 6.42 Å². The van der Waals surface area contributed by atoms with Gasteiger partial charge in [0.25, 0.3) is 10.1 Å². The van der Waals surface area contributed by atoms with Crippen LogP contribution in [0.2, 0.25) is 0 Å². The van der Waals surface area contributed by atoms with Crippen molar-refractivity contribution >= 4 is 81.1 Å². The van der Waals surface area contributed by atoms with Gasteiger partial charge in [-0.1, -0.05) is 12.7 Å². The Morgan fingerprint density at radius 1 is 1.41 bits per heavy atom. The number of esters is 1. The molecule has 10 heteroatoms. The summed E-state index contributed by atoms with van der Waals surface area (Å²) < 4.78 is 34.4. The monoisotopic (exact) mass is 285 g/mol. The predicted molar refractivity (Wildman–Crippen MR) is 64.6 cm³/mol. The maximum absolute atomic E-state index is 11.1. The third-order valence-electron chi connectivity index (χ3n) is 1.35. The van der Waals surface area contributed by atoms with E-state index in [0.717, 1.165) is 0 Å². The molecule has 0 aliphatic rings. The van der Waals surface area contributed by atoms with Crippen molar-refractivity contribution < 1.29 is 27.3 Å². The summed E-state index contributed by atoms with van der Waals surface area (Å²) in [6.07, 6.45) is 0.387. The fourth-order valence-electron chi connectivity index (χ4n) is 0.727. The van der Waals surface area contributed by atoms with E-state index < -0.39 is 33.7 Å². The second-order valence-electron chi connectivity index (χ2n) is 2.59. The number of hydrogen-bond donors (Lipinski definition) is 2. The first kappa shape index (κ1) is 22.7. The third kappa shape index (κ3) is 10.2. The molecule has 1 amide bonds. The summed E-state index contributed by atoms with van der Waals surface area (Å²) in [4.78, 5) is 21.5. The van der Waals surface area contributed by atoms with Crippen LogP contribution >= 0.6 is 0 Å². The van der Waals surface area contributed by atoms with Crippen molar-refractivity contribution in [3.05, 3.63) is 12.7 Å². The van der Waals surface area contributed by atoms with Crippen LogP contribution < -0.4 is 5.73 Å². The number of rotatable bonds is 6. The molecule has 0 aromatic heterocycles. The molecule has 7 nitrogen and oxygen atoms in total. The van der Waals surface area contributed by atoms with Gasteiger partial charge in [-0.3, -0.25) is 14.1 Å². The second kappa shape index (κ2) is 10.5. The molecule has 17 heavy (non-hydrogen) atoms. The van der Waals surface area contributed by atoms with E-state index in [1.165, 1.54) is 6.08 Å². The molecule has 0 spiro atoms. The molecule has 1 atom stereocenters. The van der Waals surface area contributed by atoms with Crippen molar-refractivity contribution in [2.75, 3.05) is 6.61 Å². The molecule has 0 heterocycles. The first-order valence-corrected chi connectivity index (χ1v) is 5.31. The van der Waals surface area contributed by atoms with Crippen LogP contribution in [0.4, 0.5) is 0 Å². The van der Waals surface area contributed by atoms with Gasteiger partial charge in [0.1, 0.15) is 6.61 Å².